The molecule has 0 fully saturated rings. The number of rotatable bonds is 64. The van der Waals surface area contributed by atoms with Gasteiger partial charge in [-0.05, 0) is 128 Å². The summed E-state index contributed by atoms with van der Waals surface area (Å²) in [5.41, 5.74) is 0. The van der Waals surface area contributed by atoms with E-state index in [1.807, 2.05) is 0 Å². The molecule has 0 aromatic heterocycles. The van der Waals surface area contributed by atoms with Crippen LogP contribution in [0.25, 0.3) is 0 Å². The van der Waals surface area contributed by atoms with Crippen LogP contribution in [0.5, 0.6) is 0 Å². The highest BCUT2D eigenvalue weighted by molar-refractivity contribution is 5.71. The lowest BCUT2D eigenvalue weighted by Gasteiger charge is -2.18. The molecule has 0 saturated carbocycles. The first-order valence-corrected chi connectivity index (χ1v) is 35.4. The molecule has 0 aliphatic carbocycles. The van der Waals surface area contributed by atoms with Crippen molar-refractivity contribution in [2.75, 3.05) is 13.2 Å². The molecule has 0 radical (unpaired) electrons. The molecule has 0 N–H and O–H groups in total. The molecule has 0 aliphatic rings. The van der Waals surface area contributed by atoms with Gasteiger partial charge in [-0.2, -0.15) is 0 Å². The van der Waals surface area contributed by atoms with Crippen molar-refractivity contribution < 1.29 is 28.6 Å². The van der Waals surface area contributed by atoms with Crippen LogP contribution in [0.3, 0.4) is 0 Å². The van der Waals surface area contributed by atoms with E-state index in [0.717, 1.165) is 116 Å². The molecular formula is C77H132O6. The Kier molecular flexibility index (Phi) is 67.2. The van der Waals surface area contributed by atoms with Gasteiger partial charge in [0.2, 0.25) is 0 Å². The fourth-order valence-corrected chi connectivity index (χ4v) is 9.94. The van der Waals surface area contributed by atoms with E-state index in [1.165, 1.54) is 186 Å². The van der Waals surface area contributed by atoms with E-state index in [0.29, 0.717) is 19.3 Å². The molecule has 0 saturated heterocycles. The Hall–Kier alpha value is -3.93. The van der Waals surface area contributed by atoms with Crippen LogP contribution in [0, 0.1) is 0 Å². The zero-order chi connectivity index (χ0) is 59.9. The number of carbonyl (C=O) groups excluding carboxylic acids is 3. The molecule has 6 heteroatoms. The molecular weight excluding hydrogens is 1020 g/mol. The fraction of sp³-hybridized carbons (Fsp3) is 0.727. The number of carbonyl (C=O) groups is 3. The SMILES string of the molecule is CC/C=C\C/C=C\C/C=C\C/C=C\C/C=C\C/C=C\C/C=C\CCCCCC(=O)OCC(COC(=O)CCCCCCC/C=C\CCCCCCCC)OC(=O)CCCCCCCCCCCCCCC/C=C\CCCCCCCCCC. The number of esters is 3. The number of hydrogen-bond acceptors (Lipinski definition) is 6. The number of unbranched alkanes of at least 4 members (excludes halogenated alkanes) is 35. The van der Waals surface area contributed by atoms with Gasteiger partial charge in [0, 0.05) is 19.3 Å². The molecule has 0 bridgehead atoms. The molecule has 0 aromatic rings. The first kappa shape index (κ1) is 79.1. The van der Waals surface area contributed by atoms with Crippen LogP contribution in [0.4, 0.5) is 0 Å². The predicted octanol–water partition coefficient (Wildman–Crippen LogP) is 24.6. The summed E-state index contributed by atoms with van der Waals surface area (Å²) in [4.78, 5) is 38.5. The van der Waals surface area contributed by atoms with Gasteiger partial charge in [-0.3, -0.25) is 14.4 Å². The lowest BCUT2D eigenvalue weighted by molar-refractivity contribution is -0.167. The average molecular weight is 1150 g/mol. The Morgan fingerprint density at radius 3 is 0.759 bits per heavy atom. The predicted molar refractivity (Wildman–Crippen MR) is 362 cm³/mol. The summed E-state index contributed by atoms with van der Waals surface area (Å²) in [6.07, 6.45) is 96.8. The van der Waals surface area contributed by atoms with Crippen molar-refractivity contribution in [3.05, 3.63) is 109 Å². The van der Waals surface area contributed by atoms with E-state index in [4.69, 9.17) is 14.2 Å². The topological polar surface area (TPSA) is 78.9 Å². The Bertz CT molecular complexity index is 1660. The standard InChI is InChI=1S/C77H132O6/c1-4-7-10-13-16-19-22-25-28-30-32-34-36-38-40-42-44-46-49-52-55-58-61-64-67-70-76(79)82-73-74(72-81-75(78)69-66-63-60-57-54-51-48-27-24-21-18-15-12-9-6-3)83-77(80)71-68-65-62-59-56-53-50-47-45-43-41-39-37-35-33-31-29-26-23-20-17-14-11-8-5-2/h7,10,16,19,25,27-28,31-34,38,40,44,46,48,52,55,74H,4-6,8-9,11-15,17-18,20-24,26,29-30,35-37,39,41-43,45,47,49-51,53-54,56-73H2,1-3H3/b10-7-,19-16-,28-25-,33-31-,34-32-,40-38-,46-44-,48-27-,55-52-. The molecule has 0 aliphatic heterocycles. The lowest BCUT2D eigenvalue weighted by atomic mass is 10.0. The van der Waals surface area contributed by atoms with Crippen molar-refractivity contribution in [1.29, 1.82) is 0 Å². The Morgan fingerprint density at radius 1 is 0.253 bits per heavy atom. The first-order valence-electron chi connectivity index (χ1n) is 35.4. The summed E-state index contributed by atoms with van der Waals surface area (Å²) in [7, 11) is 0. The van der Waals surface area contributed by atoms with E-state index in [9.17, 15) is 14.4 Å². The lowest BCUT2D eigenvalue weighted by Crippen LogP contribution is -2.30. The highest BCUT2D eigenvalue weighted by Crippen LogP contribution is 2.17. The van der Waals surface area contributed by atoms with Gasteiger partial charge in [0.05, 0.1) is 0 Å². The second-order valence-corrected chi connectivity index (χ2v) is 23.4. The van der Waals surface area contributed by atoms with Gasteiger partial charge in [0.1, 0.15) is 13.2 Å². The molecule has 0 aromatic carbocycles. The smallest absolute Gasteiger partial charge is 0.306 e. The van der Waals surface area contributed by atoms with Crippen LogP contribution in [0.1, 0.15) is 342 Å². The zero-order valence-corrected chi connectivity index (χ0v) is 54.7. The minimum absolute atomic E-state index is 0.0924. The van der Waals surface area contributed by atoms with Crippen LogP contribution in [-0.2, 0) is 28.6 Å². The number of hydrogen-bond donors (Lipinski definition) is 0. The summed E-state index contributed by atoms with van der Waals surface area (Å²) in [5, 5.41) is 0. The van der Waals surface area contributed by atoms with Crippen molar-refractivity contribution in [3.8, 4) is 0 Å². The molecule has 1 unspecified atom stereocenters. The Labute approximate surface area is 514 Å². The normalized spacial score (nSPS) is 12.8. The number of allylic oxidation sites excluding steroid dienone is 18. The largest absolute Gasteiger partial charge is 0.462 e. The molecule has 0 rings (SSSR count). The molecule has 6 nitrogen and oxygen atoms in total. The third kappa shape index (κ3) is 68.7. The zero-order valence-electron chi connectivity index (χ0n) is 54.7. The maximum absolute atomic E-state index is 13.0. The average Bonchev–Trinajstić information content (AvgIpc) is 3.49. The van der Waals surface area contributed by atoms with Gasteiger partial charge in [0.15, 0.2) is 6.10 Å². The van der Waals surface area contributed by atoms with Crippen molar-refractivity contribution in [3.63, 3.8) is 0 Å². The first-order chi connectivity index (χ1) is 41.0. The Balaban J connectivity index is 4.40. The molecule has 0 heterocycles. The molecule has 83 heavy (non-hydrogen) atoms. The maximum atomic E-state index is 13.0. The van der Waals surface area contributed by atoms with Gasteiger partial charge in [-0.15, -0.1) is 0 Å². The van der Waals surface area contributed by atoms with E-state index in [1.54, 1.807) is 0 Å². The van der Waals surface area contributed by atoms with Crippen LogP contribution < -0.4 is 0 Å². The highest BCUT2D eigenvalue weighted by Gasteiger charge is 2.19. The molecule has 0 amide bonds. The van der Waals surface area contributed by atoms with Crippen molar-refractivity contribution in [2.24, 2.45) is 0 Å². The third-order valence-corrected chi connectivity index (χ3v) is 15.2. The summed E-state index contributed by atoms with van der Waals surface area (Å²) in [6.45, 7) is 6.52. The third-order valence-electron chi connectivity index (χ3n) is 15.2. The highest BCUT2D eigenvalue weighted by atomic mass is 16.6. The van der Waals surface area contributed by atoms with E-state index >= 15 is 0 Å². The van der Waals surface area contributed by atoms with Gasteiger partial charge < -0.3 is 14.2 Å². The number of ether oxygens (including phenoxy) is 3. The van der Waals surface area contributed by atoms with Gasteiger partial charge in [-0.25, -0.2) is 0 Å². The van der Waals surface area contributed by atoms with Crippen LogP contribution >= 0.6 is 0 Å². The Morgan fingerprint density at radius 2 is 0.470 bits per heavy atom. The summed E-state index contributed by atoms with van der Waals surface area (Å²) < 4.78 is 17.0. The van der Waals surface area contributed by atoms with Crippen molar-refractivity contribution in [1.82, 2.24) is 0 Å². The molecule has 476 valence electrons. The van der Waals surface area contributed by atoms with Crippen LogP contribution in [-0.4, -0.2) is 37.2 Å². The van der Waals surface area contributed by atoms with Crippen LogP contribution in [0.15, 0.2) is 109 Å². The van der Waals surface area contributed by atoms with E-state index in [2.05, 4.69) is 130 Å². The molecule has 0 spiro atoms. The van der Waals surface area contributed by atoms with Gasteiger partial charge in [-0.1, -0.05) is 304 Å². The van der Waals surface area contributed by atoms with Crippen molar-refractivity contribution in [2.45, 2.75) is 348 Å². The summed E-state index contributed by atoms with van der Waals surface area (Å²) in [5.74, 6) is -0.921. The fourth-order valence-electron chi connectivity index (χ4n) is 9.94. The minimum Gasteiger partial charge on any atom is -0.462 e. The van der Waals surface area contributed by atoms with Crippen LogP contribution in [0.2, 0.25) is 0 Å². The van der Waals surface area contributed by atoms with E-state index in [-0.39, 0.29) is 31.1 Å². The summed E-state index contributed by atoms with van der Waals surface area (Å²) in [6, 6.07) is 0. The minimum atomic E-state index is -0.799. The quantitative estimate of drug-likeness (QED) is 0.0261. The second-order valence-electron chi connectivity index (χ2n) is 23.4. The van der Waals surface area contributed by atoms with Crippen molar-refractivity contribution >= 4 is 17.9 Å². The monoisotopic (exact) mass is 1150 g/mol. The second kappa shape index (κ2) is 70.6. The molecule has 1 atom stereocenters. The van der Waals surface area contributed by atoms with Gasteiger partial charge in [0.25, 0.3) is 0 Å². The van der Waals surface area contributed by atoms with Gasteiger partial charge >= 0.3 is 17.9 Å². The maximum Gasteiger partial charge on any atom is 0.306 e. The summed E-state index contributed by atoms with van der Waals surface area (Å²) >= 11 is 0. The van der Waals surface area contributed by atoms with E-state index < -0.39 is 6.10 Å².